The Hall–Kier alpha value is -3.52. The van der Waals surface area contributed by atoms with E-state index in [4.69, 9.17) is 11.6 Å². The van der Waals surface area contributed by atoms with Gasteiger partial charge in [0.25, 0.3) is 5.91 Å². The molecule has 1 heterocycles. The first-order chi connectivity index (χ1) is 14.3. The second-order valence-corrected chi connectivity index (χ2v) is 6.92. The maximum absolute atomic E-state index is 12.9. The number of amides is 3. The lowest BCUT2D eigenvalue weighted by Crippen LogP contribution is -2.47. The summed E-state index contributed by atoms with van der Waals surface area (Å²) in [4.78, 5) is 41.7. The second-order valence-electron chi connectivity index (χ2n) is 6.48. The first-order valence-corrected chi connectivity index (χ1v) is 9.36. The SMILES string of the molecule is CC(=O)N(CC(=O)NCc1ccc(F)cc1)C1=N/C(=C\c2ccc(Cl)cc2)C(=O)N1. The van der Waals surface area contributed by atoms with Crippen molar-refractivity contribution in [2.24, 2.45) is 4.99 Å². The van der Waals surface area contributed by atoms with Gasteiger partial charge in [0.05, 0.1) is 0 Å². The van der Waals surface area contributed by atoms with E-state index in [0.717, 1.165) is 4.90 Å². The molecule has 0 fully saturated rings. The Bertz CT molecular complexity index is 1030. The molecule has 2 N–H and O–H groups in total. The Morgan fingerprint density at radius 2 is 1.83 bits per heavy atom. The van der Waals surface area contributed by atoms with Gasteiger partial charge in [0.15, 0.2) is 0 Å². The van der Waals surface area contributed by atoms with Crippen LogP contribution in [-0.4, -0.2) is 35.1 Å². The van der Waals surface area contributed by atoms with E-state index in [1.165, 1.54) is 19.1 Å². The third kappa shape index (κ3) is 5.51. The summed E-state index contributed by atoms with van der Waals surface area (Å²) < 4.78 is 12.9. The maximum Gasteiger partial charge on any atom is 0.276 e. The van der Waals surface area contributed by atoms with Crippen LogP contribution in [0.15, 0.2) is 59.2 Å². The Balaban J connectivity index is 1.68. The molecule has 2 aromatic carbocycles. The molecule has 0 saturated heterocycles. The first kappa shape index (κ1) is 21.2. The van der Waals surface area contributed by atoms with E-state index in [1.54, 1.807) is 42.5 Å². The summed E-state index contributed by atoms with van der Waals surface area (Å²) in [5.41, 5.74) is 1.52. The molecule has 0 aromatic heterocycles. The Morgan fingerprint density at radius 3 is 2.47 bits per heavy atom. The number of nitrogens with one attached hydrogen (secondary N) is 2. The van der Waals surface area contributed by atoms with Gasteiger partial charge in [0.2, 0.25) is 17.8 Å². The molecule has 0 bridgehead atoms. The highest BCUT2D eigenvalue weighted by molar-refractivity contribution is 6.30. The minimum atomic E-state index is -0.488. The highest BCUT2D eigenvalue weighted by Crippen LogP contribution is 2.16. The number of benzene rings is 2. The molecule has 0 unspecified atom stereocenters. The predicted molar refractivity (Wildman–Crippen MR) is 111 cm³/mol. The summed E-state index contributed by atoms with van der Waals surface area (Å²) in [6.45, 7) is 1.11. The fourth-order valence-corrected chi connectivity index (χ4v) is 2.76. The van der Waals surface area contributed by atoms with Crippen molar-refractivity contribution in [1.82, 2.24) is 15.5 Å². The van der Waals surface area contributed by atoms with E-state index in [-0.39, 0.29) is 30.6 Å². The fraction of sp³-hybridized carbons (Fsp3) is 0.143. The molecule has 1 aliphatic heterocycles. The second kappa shape index (κ2) is 9.32. The van der Waals surface area contributed by atoms with Crippen LogP contribution >= 0.6 is 11.6 Å². The summed E-state index contributed by atoms with van der Waals surface area (Å²) in [6.07, 6.45) is 1.55. The number of nitrogens with zero attached hydrogens (tertiary/aromatic N) is 2. The highest BCUT2D eigenvalue weighted by Gasteiger charge is 2.28. The molecular formula is C21H18ClFN4O3. The van der Waals surface area contributed by atoms with E-state index in [1.807, 2.05) is 0 Å². The number of guanidine groups is 1. The van der Waals surface area contributed by atoms with Crippen molar-refractivity contribution in [3.8, 4) is 0 Å². The molecule has 3 rings (SSSR count). The summed E-state index contributed by atoms with van der Waals surface area (Å²) in [6, 6.07) is 12.5. The van der Waals surface area contributed by atoms with Crippen molar-refractivity contribution in [2.45, 2.75) is 13.5 Å². The van der Waals surface area contributed by atoms with Crippen molar-refractivity contribution in [3.63, 3.8) is 0 Å². The zero-order chi connectivity index (χ0) is 21.7. The maximum atomic E-state index is 12.9. The van der Waals surface area contributed by atoms with Crippen LogP contribution in [-0.2, 0) is 20.9 Å². The van der Waals surface area contributed by atoms with Gasteiger partial charge in [0.1, 0.15) is 18.1 Å². The zero-order valence-electron chi connectivity index (χ0n) is 16.0. The largest absolute Gasteiger partial charge is 0.350 e. The van der Waals surface area contributed by atoms with E-state index in [9.17, 15) is 18.8 Å². The number of hydrogen-bond donors (Lipinski definition) is 2. The van der Waals surface area contributed by atoms with Crippen LogP contribution < -0.4 is 10.6 Å². The summed E-state index contributed by atoms with van der Waals surface area (Å²) >= 11 is 5.85. The van der Waals surface area contributed by atoms with Crippen LogP contribution in [0.3, 0.4) is 0 Å². The van der Waals surface area contributed by atoms with Crippen LogP contribution in [0.1, 0.15) is 18.1 Å². The van der Waals surface area contributed by atoms with Crippen molar-refractivity contribution in [2.75, 3.05) is 6.54 Å². The molecule has 9 heteroatoms. The fourth-order valence-electron chi connectivity index (χ4n) is 2.64. The summed E-state index contributed by atoms with van der Waals surface area (Å²) in [5.74, 6) is -1.80. The van der Waals surface area contributed by atoms with E-state index >= 15 is 0 Å². The van der Waals surface area contributed by atoms with Gasteiger partial charge in [-0.25, -0.2) is 9.38 Å². The van der Waals surface area contributed by atoms with Crippen LogP contribution in [0.2, 0.25) is 5.02 Å². The van der Waals surface area contributed by atoms with Crippen LogP contribution in [0, 0.1) is 5.82 Å². The molecule has 0 atom stereocenters. The number of carbonyl (C=O) groups excluding carboxylic acids is 3. The Labute approximate surface area is 177 Å². The molecule has 154 valence electrons. The third-order valence-corrected chi connectivity index (χ3v) is 4.45. The van der Waals surface area contributed by atoms with Crippen molar-refractivity contribution in [1.29, 1.82) is 0 Å². The summed E-state index contributed by atoms with van der Waals surface area (Å²) in [7, 11) is 0. The van der Waals surface area contributed by atoms with Gasteiger partial charge in [-0.3, -0.25) is 24.6 Å². The number of rotatable bonds is 5. The first-order valence-electron chi connectivity index (χ1n) is 8.98. The summed E-state index contributed by atoms with van der Waals surface area (Å²) in [5, 5.41) is 5.71. The number of aliphatic imine (C=N–C) groups is 1. The van der Waals surface area contributed by atoms with E-state index < -0.39 is 17.7 Å². The highest BCUT2D eigenvalue weighted by atomic mass is 35.5. The molecule has 3 amide bonds. The Kier molecular flexibility index (Phi) is 6.58. The standard InChI is InChI=1S/C21H18ClFN4O3/c1-13(28)27(12-19(29)24-11-15-4-8-17(23)9-5-15)21-25-18(20(30)26-21)10-14-2-6-16(22)7-3-14/h2-10H,11-12H2,1H3,(H,24,29)(H,25,26,30)/b18-10-. The number of hydrogen-bond acceptors (Lipinski definition) is 4. The molecule has 2 aromatic rings. The minimum Gasteiger partial charge on any atom is -0.350 e. The van der Waals surface area contributed by atoms with Crippen molar-refractivity contribution < 1.29 is 18.8 Å². The predicted octanol–water partition coefficient (Wildman–Crippen LogP) is 2.47. The zero-order valence-corrected chi connectivity index (χ0v) is 16.7. The monoisotopic (exact) mass is 428 g/mol. The topological polar surface area (TPSA) is 90.9 Å². The van der Waals surface area contributed by atoms with Gasteiger partial charge in [-0.1, -0.05) is 35.9 Å². The molecule has 30 heavy (non-hydrogen) atoms. The number of halogens is 2. The molecule has 7 nitrogen and oxygen atoms in total. The quantitative estimate of drug-likeness (QED) is 0.717. The van der Waals surface area contributed by atoms with Crippen LogP contribution in [0.5, 0.6) is 0 Å². The molecule has 0 aliphatic carbocycles. The Morgan fingerprint density at radius 1 is 1.17 bits per heavy atom. The average molecular weight is 429 g/mol. The molecule has 0 radical (unpaired) electrons. The number of carbonyl (C=O) groups is 3. The average Bonchev–Trinajstić information content (AvgIpc) is 3.07. The van der Waals surface area contributed by atoms with Gasteiger partial charge in [-0.05, 0) is 41.5 Å². The molecule has 1 aliphatic rings. The van der Waals surface area contributed by atoms with Crippen LogP contribution in [0.4, 0.5) is 4.39 Å². The van der Waals surface area contributed by atoms with Gasteiger partial charge in [-0.2, -0.15) is 0 Å². The minimum absolute atomic E-state index is 0.0235. The third-order valence-electron chi connectivity index (χ3n) is 4.20. The van der Waals surface area contributed by atoms with Gasteiger partial charge >= 0.3 is 0 Å². The molecule has 0 saturated carbocycles. The lowest BCUT2D eigenvalue weighted by atomic mass is 10.2. The normalized spacial score (nSPS) is 14.3. The smallest absolute Gasteiger partial charge is 0.276 e. The molecular weight excluding hydrogens is 411 g/mol. The van der Waals surface area contributed by atoms with Crippen LogP contribution in [0.25, 0.3) is 6.08 Å². The van der Waals surface area contributed by atoms with Gasteiger partial charge in [0, 0.05) is 18.5 Å². The molecule has 0 spiro atoms. The lowest BCUT2D eigenvalue weighted by Gasteiger charge is -2.19. The van der Waals surface area contributed by atoms with E-state index in [2.05, 4.69) is 15.6 Å². The van der Waals surface area contributed by atoms with E-state index in [0.29, 0.717) is 16.1 Å². The van der Waals surface area contributed by atoms with Crippen molar-refractivity contribution >= 4 is 41.4 Å². The van der Waals surface area contributed by atoms with Gasteiger partial charge in [-0.15, -0.1) is 0 Å². The van der Waals surface area contributed by atoms with Gasteiger partial charge < -0.3 is 5.32 Å². The van der Waals surface area contributed by atoms with Crippen molar-refractivity contribution in [3.05, 3.63) is 76.2 Å². The lowest BCUT2D eigenvalue weighted by molar-refractivity contribution is -0.131.